The molecule has 0 unspecified atom stereocenters. The summed E-state index contributed by atoms with van der Waals surface area (Å²) in [5.74, 6) is -1.09. The number of nitrogens with zero attached hydrogens (tertiary/aromatic N) is 2. The Morgan fingerprint density at radius 3 is 2.52 bits per heavy atom. The van der Waals surface area contributed by atoms with Crippen LogP contribution in [0.5, 0.6) is 0 Å². The van der Waals surface area contributed by atoms with Gasteiger partial charge in [0.15, 0.2) is 0 Å². The van der Waals surface area contributed by atoms with Crippen molar-refractivity contribution in [1.29, 1.82) is 0 Å². The van der Waals surface area contributed by atoms with E-state index in [9.17, 15) is 9.59 Å². The summed E-state index contributed by atoms with van der Waals surface area (Å²) in [7, 11) is 0. The van der Waals surface area contributed by atoms with E-state index in [0.717, 1.165) is 24.2 Å². The molecule has 0 fully saturated rings. The zero-order valence-corrected chi connectivity index (χ0v) is 15.0. The number of hydrogen-bond acceptors (Lipinski definition) is 3. The molecule has 0 saturated carbocycles. The lowest BCUT2D eigenvalue weighted by Crippen LogP contribution is -2.32. The fraction of sp³-hybridized carbons (Fsp3) is 0.421. The highest BCUT2D eigenvalue weighted by Crippen LogP contribution is 2.20. The lowest BCUT2D eigenvalue weighted by atomic mass is 9.90. The van der Waals surface area contributed by atoms with Crippen LogP contribution in [0.1, 0.15) is 49.7 Å². The van der Waals surface area contributed by atoms with Crippen LogP contribution in [0.4, 0.5) is 0 Å². The second-order valence-corrected chi connectivity index (χ2v) is 6.70. The first-order chi connectivity index (χ1) is 11.9. The van der Waals surface area contributed by atoms with Crippen LogP contribution < -0.4 is 5.32 Å². The molecular weight excluding hydrogens is 318 g/mol. The van der Waals surface area contributed by atoms with Gasteiger partial charge in [0.2, 0.25) is 0 Å². The normalized spacial score (nSPS) is 11.3. The van der Waals surface area contributed by atoms with Gasteiger partial charge in [0.25, 0.3) is 5.91 Å². The van der Waals surface area contributed by atoms with Crippen LogP contribution in [0.2, 0.25) is 0 Å². The summed E-state index contributed by atoms with van der Waals surface area (Å²) in [5, 5.41) is 16.3. The van der Waals surface area contributed by atoms with Gasteiger partial charge in [0.1, 0.15) is 0 Å². The molecule has 1 heterocycles. The van der Waals surface area contributed by atoms with E-state index in [4.69, 9.17) is 5.11 Å². The fourth-order valence-corrected chi connectivity index (χ4v) is 2.52. The minimum absolute atomic E-state index is 0.216. The Labute approximate surface area is 147 Å². The van der Waals surface area contributed by atoms with Crippen molar-refractivity contribution in [1.82, 2.24) is 15.1 Å². The largest absolute Gasteiger partial charge is 0.481 e. The maximum absolute atomic E-state index is 12.5. The molecular formula is C19H25N3O3. The lowest BCUT2D eigenvalue weighted by Gasteiger charge is -2.18. The summed E-state index contributed by atoms with van der Waals surface area (Å²) in [5.41, 5.74) is 1.45. The van der Waals surface area contributed by atoms with E-state index in [2.05, 4.69) is 17.3 Å². The van der Waals surface area contributed by atoms with E-state index in [0.29, 0.717) is 18.5 Å². The molecule has 0 aliphatic carbocycles. The topological polar surface area (TPSA) is 84.2 Å². The minimum Gasteiger partial charge on any atom is -0.481 e. The van der Waals surface area contributed by atoms with Crippen molar-refractivity contribution < 1.29 is 14.7 Å². The average Bonchev–Trinajstić information content (AvgIpc) is 2.99. The third-order valence-corrected chi connectivity index (χ3v) is 4.22. The molecule has 0 aliphatic rings. The Hall–Kier alpha value is -2.63. The van der Waals surface area contributed by atoms with Crippen LogP contribution in [-0.2, 0) is 11.2 Å². The average molecular weight is 343 g/mol. The molecule has 2 aromatic rings. The van der Waals surface area contributed by atoms with Gasteiger partial charge in [-0.3, -0.25) is 9.59 Å². The van der Waals surface area contributed by atoms with Gasteiger partial charge in [0, 0.05) is 6.54 Å². The number of carboxylic acids is 1. The van der Waals surface area contributed by atoms with Crippen molar-refractivity contribution in [3.05, 3.63) is 47.8 Å². The van der Waals surface area contributed by atoms with Crippen LogP contribution in [0.3, 0.4) is 0 Å². The number of carbonyl (C=O) groups is 2. The van der Waals surface area contributed by atoms with Gasteiger partial charge >= 0.3 is 5.97 Å². The number of aromatic nitrogens is 2. The van der Waals surface area contributed by atoms with Gasteiger partial charge < -0.3 is 10.4 Å². The first-order valence-corrected chi connectivity index (χ1v) is 8.50. The van der Waals surface area contributed by atoms with Crippen LogP contribution in [0.15, 0.2) is 36.5 Å². The molecule has 1 aromatic carbocycles. The molecule has 1 amide bonds. The van der Waals surface area contributed by atoms with Crippen molar-refractivity contribution in [2.45, 2.75) is 40.0 Å². The second-order valence-electron chi connectivity index (χ2n) is 6.70. The van der Waals surface area contributed by atoms with Gasteiger partial charge in [0.05, 0.1) is 28.6 Å². The smallest absolute Gasteiger partial charge is 0.309 e. The van der Waals surface area contributed by atoms with Gasteiger partial charge in [-0.1, -0.05) is 31.5 Å². The van der Waals surface area contributed by atoms with Crippen LogP contribution in [0, 0.1) is 5.41 Å². The van der Waals surface area contributed by atoms with E-state index < -0.39 is 11.4 Å². The monoisotopic (exact) mass is 343 g/mol. The number of para-hydroxylation sites is 1. The third-order valence-electron chi connectivity index (χ3n) is 4.22. The summed E-state index contributed by atoms with van der Waals surface area (Å²) in [4.78, 5) is 23.7. The van der Waals surface area contributed by atoms with Crippen molar-refractivity contribution >= 4 is 11.9 Å². The fourth-order valence-electron chi connectivity index (χ4n) is 2.52. The SMILES string of the molecule is CCCc1c(C(=O)NCCC(C)(C)C(=O)O)cnn1-c1ccccc1. The summed E-state index contributed by atoms with van der Waals surface area (Å²) >= 11 is 0. The highest BCUT2D eigenvalue weighted by Gasteiger charge is 2.27. The van der Waals surface area contributed by atoms with Crippen molar-refractivity contribution in [2.24, 2.45) is 5.41 Å². The van der Waals surface area contributed by atoms with Crippen LogP contribution >= 0.6 is 0 Å². The summed E-state index contributed by atoms with van der Waals surface area (Å²) in [6.07, 6.45) is 3.57. The molecule has 0 bridgehead atoms. The van der Waals surface area contributed by atoms with E-state index in [-0.39, 0.29) is 5.91 Å². The second kappa shape index (κ2) is 7.96. The van der Waals surface area contributed by atoms with Gasteiger partial charge in [-0.05, 0) is 38.8 Å². The number of carboxylic acid groups (broad SMARTS) is 1. The van der Waals surface area contributed by atoms with E-state index in [1.165, 1.54) is 0 Å². The van der Waals surface area contributed by atoms with E-state index in [1.807, 2.05) is 30.3 Å². The van der Waals surface area contributed by atoms with Gasteiger partial charge in [-0.2, -0.15) is 5.10 Å². The maximum Gasteiger partial charge on any atom is 0.309 e. The number of benzene rings is 1. The minimum atomic E-state index is -0.870. The van der Waals surface area contributed by atoms with Crippen molar-refractivity contribution in [3.8, 4) is 5.69 Å². The number of aliphatic carboxylic acids is 1. The molecule has 25 heavy (non-hydrogen) atoms. The Morgan fingerprint density at radius 2 is 1.92 bits per heavy atom. The maximum atomic E-state index is 12.5. The highest BCUT2D eigenvalue weighted by atomic mass is 16.4. The molecule has 0 atom stereocenters. The van der Waals surface area contributed by atoms with Crippen molar-refractivity contribution in [2.75, 3.05) is 6.54 Å². The molecule has 6 heteroatoms. The van der Waals surface area contributed by atoms with Crippen molar-refractivity contribution in [3.63, 3.8) is 0 Å². The van der Waals surface area contributed by atoms with Gasteiger partial charge in [-0.25, -0.2) is 4.68 Å². The molecule has 0 spiro atoms. The summed E-state index contributed by atoms with van der Waals surface area (Å²) in [6, 6.07) is 9.69. The first-order valence-electron chi connectivity index (χ1n) is 8.50. The molecule has 6 nitrogen and oxygen atoms in total. The number of carbonyl (C=O) groups excluding carboxylic acids is 1. The number of rotatable bonds is 8. The lowest BCUT2D eigenvalue weighted by molar-refractivity contribution is -0.147. The third kappa shape index (κ3) is 4.47. The standard InChI is InChI=1S/C19H25N3O3/c1-4-8-16-15(13-21-22(16)14-9-6-5-7-10-14)17(23)20-12-11-19(2,3)18(24)25/h5-7,9-10,13H,4,8,11-12H2,1-3H3,(H,20,23)(H,24,25). The molecule has 1 aromatic heterocycles. The Morgan fingerprint density at radius 1 is 1.24 bits per heavy atom. The highest BCUT2D eigenvalue weighted by molar-refractivity contribution is 5.95. The van der Waals surface area contributed by atoms with Crippen LogP contribution in [-0.4, -0.2) is 33.3 Å². The molecule has 0 radical (unpaired) electrons. The Kier molecular flexibility index (Phi) is 5.96. The first kappa shape index (κ1) is 18.7. The summed E-state index contributed by atoms with van der Waals surface area (Å²) < 4.78 is 1.79. The number of nitrogens with one attached hydrogen (secondary N) is 1. The zero-order valence-electron chi connectivity index (χ0n) is 15.0. The zero-order chi connectivity index (χ0) is 18.4. The molecule has 2 N–H and O–H groups in total. The van der Waals surface area contributed by atoms with E-state index in [1.54, 1.807) is 24.7 Å². The quantitative estimate of drug-likeness (QED) is 0.771. The molecule has 0 aliphatic heterocycles. The van der Waals surface area contributed by atoms with E-state index >= 15 is 0 Å². The number of amides is 1. The number of hydrogen-bond donors (Lipinski definition) is 2. The summed E-state index contributed by atoms with van der Waals surface area (Å²) in [6.45, 7) is 5.66. The van der Waals surface area contributed by atoms with Crippen LogP contribution in [0.25, 0.3) is 5.69 Å². The molecule has 2 rings (SSSR count). The molecule has 134 valence electrons. The Bertz CT molecular complexity index is 736. The van der Waals surface area contributed by atoms with Gasteiger partial charge in [-0.15, -0.1) is 0 Å². The predicted molar refractivity (Wildman–Crippen MR) is 95.9 cm³/mol. The molecule has 0 saturated heterocycles. The predicted octanol–water partition coefficient (Wildman–Crippen LogP) is 3.06. The Balaban J connectivity index is 2.14.